The van der Waals surface area contributed by atoms with E-state index in [9.17, 15) is 41.0 Å². The maximum atomic E-state index is 12.2. The van der Waals surface area contributed by atoms with Crippen LogP contribution in [0.1, 0.15) is 6.92 Å². The molecule has 0 aromatic heterocycles. The first-order valence-electron chi connectivity index (χ1n) is 5.07. The van der Waals surface area contributed by atoms with Crippen molar-refractivity contribution in [2.75, 3.05) is 13.2 Å². The molecule has 0 aromatic rings. The van der Waals surface area contributed by atoms with Gasteiger partial charge in [0.1, 0.15) is 17.1 Å². The molecule has 0 radical (unpaired) electrons. The number of carbonyl (C=O) groups is 2. The molecule has 0 rings (SSSR count). The van der Waals surface area contributed by atoms with Gasteiger partial charge in [-0.2, -0.15) is 26.3 Å². The van der Waals surface area contributed by atoms with Gasteiger partial charge in [0.2, 0.25) is 0 Å². The lowest BCUT2D eigenvalue weighted by Crippen LogP contribution is -2.71. The summed E-state index contributed by atoms with van der Waals surface area (Å²) in [6.07, 6.45) is -12.8. The molecule has 124 valence electrons. The van der Waals surface area contributed by atoms with Crippen LogP contribution in [0.3, 0.4) is 0 Å². The topological polar surface area (TPSA) is 75.7 Å². The lowest BCUT2D eigenvalue weighted by molar-refractivity contribution is -0.574. The monoisotopic (exact) mass is 437 g/mol. The lowest BCUT2D eigenvalue weighted by Gasteiger charge is -2.40. The van der Waals surface area contributed by atoms with Crippen molar-refractivity contribution in [3.63, 3.8) is 0 Å². The molecule has 1 atom stereocenters. The SMILES string of the molecule is CC(I)C(=O)OCCOC(=O)C([O-])(C(F)(F)F)C(F)(F)F. The predicted octanol–water partition coefficient (Wildman–Crippen LogP) is 1.12. The zero-order valence-corrected chi connectivity index (χ0v) is 12.3. The zero-order chi connectivity index (χ0) is 17.1. The predicted molar refractivity (Wildman–Crippen MR) is 60.2 cm³/mol. The molecule has 5 nitrogen and oxygen atoms in total. The number of hydrogen-bond acceptors (Lipinski definition) is 5. The van der Waals surface area contributed by atoms with Crippen molar-refractivity contribution in [1.82, 2.24) is 0 Å². The van der Waals surface area contributed by atoms with Crippen LogP contribution in [-0.2, 0) is 19.1 Å². The number of esters is 2. The normalized spacial score (nSPS) is 14.5. The Balaban J connectivity index is 4.71. The third-order valence-corrected chi connectivity index (χ3v) is 2.48. The van der Waals surface area contributed by atoms with E-state index in [1.54, 1.807) is 22.6 Å². The maximum Gasteiger partial charge on any atom is 0.399 e. The molecule has 12 heteroatoms. The van der Waals surface area contributed by atoms with Crippen LogP contribution in [0.5, 0.6) is 0 Å². The second kappa shape index (κ2) is 6.98. The molecule has 0 heterocycles. The van der Waals surface area contributed by atoms with Crippen LogP contribution in [0.4, 0.5) is 26.3 Å². The summed E-state index contributed by atoms with van der Waals surface area (Å²) in [4.78, 5) is 21.7. The summed E-state index contributed by atoms with van der Waals surface area (Å²) in [5.74, 6) is -3.87. The standard InChI is InChI=1S/C9H8F6IO5/c1-4(16)5(17)20-2-3-21-6(18)7(19,8(10,11)12)9(13,14)15/h4H,2-3H2,1H3/q-1. The van der Waals surface area contributed by atoms with Gasteiger partial charge in [-0.25, -0.2) is 0 Å². The van der Waals surface area contributed by atoms with Gasteiger partial charge >= 0.3 is 24.3 Å². The molecule has 0 amide bonds. The van der Waals surface area contributed by atoms with E-state index in [1.165, 1.54) is 6.92 Å². The van der Waals surface area contributed by atoms with Crippen LogP contribution in [0.15, 0.2) is 0 Å². The summed E-state index contributed by atoms with van der Waals surface area (Å²) in [6, 6.07) is 0. The average molecular weight is 437 g/mol. The van der Waals surface area contributed by atoms with E-state index in [0.717, 1.165) is 0 Å². The van der Waals surface area contributed by atoms with Crippen molar-refractivity contribution >= 4 is 34.5 Å². The van der Waals surface area contributed by atoms with Gasteiger partial charge in [-0.1, -0.05) is 22.6 Å². The molecule has 0 bridgehead atoms. The second-order valence-electron chi connectivity index (χ2n) is 3.60. The van der Waals surface area contributed by atoms with Gasteiger partial charge in [0, 0.05) is 0 Å². The van der Waals surface area contributed by atoms with Crippen molar-refractivity contribution in [1.29, 1.82) is 0 Å². The van der Waals surface area contributed by atoms with Gasteiger partial charge in [0.25, 0.3) is 0 Å². The van der Waals surface area contributed by atoms with E-state index in [4.69, 9.17) is 0 Å². The molecule has 0 saturated heterocycles. The summed E-state index contributed by atoms with van der Waals surface area (Å²) in [6.45, 7) is -0.474. The first-order valence-corrected chi connectivity index (χ1v) is 6.31. The van der Waals surface area contributed by atoms with Crippen molar-refractivity contribution in [3.8, 4) is 0 Å². The van der Waals surface area contributed by atoms with Crippen molar-refractivity contribution in [2.24, 2.45) is 0 Å². The van der Waals surface area contributed by atoms with Crippen molar-refractivity contribution in [3.05, 3.63) is 0 Å². The van der Waals surface area contributed by atoms with Crippen LogP contribution < -0.4 is 5.11 Å². The first-order chi connectivity index (χ1) is 9.25. The van der Waals surface area contributed by atoms with E-state index in [2.05, 4.69) is 9.47 Å². The van der Waals surface area contributed by atoms with E-state index in [1.807, 2.05) is 0 Å². The largest absolute Gasteiger partial charge is 0.828 e. The Bertz CT molecular complexity index is 377. The third-order valence-electron chi connectivity index (χ3n) is 1.97. The Kier molecular flexibility index (Phi) is 6.72. The molecule has 0 aliphatic heterocycles. The third kappa shape index (κ3) is 4.86. The van der Waals surface area contributed by atoms with E-state index >= 15 is 0 Å². The van der Waals surface area contributed by atoms with Gasteiger partial charge in [-0.3, -0.25) is 9.59 Å². The number of carbonyl (C=O) groups excluding carboxylic acids is 2. The number of ether oxygens (including phenoxy) is 2. The minimum Gasteiger partial charge on any atom is -0.828 e. The summed E-state index contributed by atoms with van der Waals surface area (Å²) < 4.78 is 80.4. The van der Waals surface area contributed by atoms with E-state index < -0.39 is 47.0 Å². The molecule has 0 spiro atoms. The van der Waals surface area contributed by atoms with Crippen LogP contribution in [-0.4, -0.2) is 47.0 Å². The number of rotatable bonds is 5. The molecule has 0 aliphatic rings. The second-order valence-corrected chi connectivity index (χ2v) is 5.46. The molecular formula is C9H8F6IO5-. The van der Waals surface area contributed by atoms with Crippen LogP contribution in [0, 0.1) is 0 Å². The summed E-state index contributed by atoms with van der Waals surface area (Å²) >= 11 is 1.64. The minimum atomic E-state index is -6.42. The smallest absolute Gasteiger partial charge is 0.399 e. The Hall–Kier alpha value is -0.790. The molecular weight excluding hydrogens is 429 g/mol. The zero-order valence-electron chi connectivity index (χ0n) is 10.2. The molecule has 21 heavy (non-hydrogen) atoms. The van der Waals surface area contributed by atoms with Gasteiger partial charge in [-0.05, 0) is 6.92 Å². The number of halogens is 7. The molecule has 0 N–H and O–H groups in total. The summed E-state index contributed by atoms with van der Waals surface area (Å²) in [5, 5.41) is 10.8. The van der Waals surface area contributed by atoms with Gasteiger partial charge < -0.3 is 14.6 Å². The lowest BCUT2D eigenvalue weighted by atomic mass is 10.0. The molecule has 0 aromatic carbocycles. The number of hydrogen-bond donors (Lipinski definition) is 0. The number of alkyl halides is 7. The minimum absolute atomic E-state index is 0.623. The quantitative estimate of drug-likeness (QED) is 0.212. The first kappa shape index (κ1) is 20.2. The molecule has 1 unspecified atom stereocenters. The van der Waals surface area contributed by atoms with Crippen LogP contribution in [0.2, 0.25) is 0 Å². The van der Waals surface area contributed by atoms with E-state index in [0.29, 0.717) is 0 Å². The molecule has 0 fully saturated rings. The fourth-order valence-electron chi connectivity index (χ4n) is 0.885. The van der Waals surface area contributed by atoms with Crippen molar-refractivity contribution < 1.29 is 50.5 Å². The van der Waals surface area contributed by atoms with Crippen molar-refractivity contribution in [2.45, 2.75) is 28.8 Å². The van der Waals surface area contributed by atoms with Gasteiger partial charge in [0.05, 0.1) is 0 Å². The fraction of sp³-hybridized carbons (Fsp3) is 0.778. The highest BCUT2D eigenvalue weighted by atomic mass is 127. The van der Waals surface area contributed by atoms with Crippen LogP contribution in [0.25, 0.3) is 0 Å². The molecule has 0 saturated carbocycles. The summed E-state index contributed by atoms with van der Waals surface area (Å²) in [5.41, 5.74) is -5.89. The highest BCUT2D eigenvalue weighted by Gasteiger charge is 2.68. The molecule has 0 aliphatic carbocycles. The Labute approximate surface area is 127 Å². The summed E-state index contributed by atoms with van der Waals surface area (Å²) in [7, 11) is 0. The Morgan fingerprint density at radius 3 is 1.76 bits per heavy atom. The maximum absolute atomic E-state index is 12.2. The highest BCUT2D eigenvalue weighted by molar-refractivity contribution is 14.1. The van der Waals surface area contributed by atoms with Crippen LogP contribution >= 0.6 is 22.6 Å². The van der Waals surface area contributed by atoms with E-state index in [-0.39, 0.29) is 0 Å². The highest BCUT2D eigenvalue weighted by Crippen LogP contribution is 2.41. The Morgan fingerprint density at radius 2 is 1.43 bits per heavy atom. The van der Waals surface area contributed by atoms with Gasteiger partial charge in [0.15, 0.2) is 5.60 Å². The fourth-order valence-corrected chi connectivity index (χ4v) is 1.07. The average Bonchev–Trinajstić information content (AvgIpc) is 2.29. The Morgan fingerprint density at radius 1 is 1.05 bits per heavy atom. The van der Waals surface area contributed by atoms with Gasteiger partial charge in [-0.15, -0.1) is 0 Å².